The molecule has 0 amide bonds. The summed E-state index contributed by atoms with van der Waals surface area (Å²) in [5.74, 6) is 0. The maximum Gasteiger partial charge on any atom is -0.00201 e. The smallest absolute Gasteiger partial charge is 0.00201 e. The molecule has 0 atom stereocenters. The highest BCUT2D eigenvalue weighted by molar-refractivity contribution is 5.54. The summed E-state index contributed by atoms with van der Waals surface area (Å²) in [6.45, 7) is 0. The van der Waals surface area contributed by atoms with Crippen molar-refractivity contribution >= 4 is 0 Å². The van der Waals surface area contributed by atoms with Crippen LogP contribution < -0.4 is 0 Å². The van der Waals surface area contributed by atoms with Crippen molar-refractivity contribution in [1.29, 1.82) is 0 Å². The summed E-state index contributed by atoms with van der Waals surface area (Å²) in [7, 11) is 0. The van der Waals surface area contributed by atoms with E-state index in [4.69, 9.17) is 0 Å². The molecule has 0 unspecified atom stereocenters. The van der Waals surface area contributed by atoms with Gasteiger partial charge in [0.15, 0.2) is 0 Å². The highest BCUT2D eigenvalue weighted by Crippen LogP contribution is 2.36. The van der Waals surface area contributed by atoms with E-state index in [-0.39, 0.29) is 0 Å². The minimum absolute atomic E-state index is 1.20. The molecule has 2 rings (SSSR count). The summed E-state index contributed by atoms with van der Waals surface area (Å²) in [5.41, 5.74) is 2.99. The zero-order valence-electron chi connectivity index (χ0n) is 5.17. The van der Waals surface area contributed by atoms with E-state index in [0.29, 0.717) is 0 Å². The molecule has 0 saturated heterocycles. The van der Waals surface area contributed by atoms with E-state index in [2.05, 4.69) is 36.5 Å². The van der Waals surface area contributed by atoms with Crippen molar-refractivity contribution in [2.45, 2.75) is 6.42 Å². The van der Waals surface area contributed by atoms with Crippen LogP contribution in [-0.2, 0) is 0 Å². The first-order valence-corrected chi connectivity index (χ1v) is 3.20. The fraction of sp³-hybridized carbons (Fsp3) is 0.111. The average Bonchev–Trinajstić information content (AvgIpc) is 2.46. The van der Waals surface area contributed by atoms with Crippen LogP contribution in [0.2, 0.25) is 0 Å². The SMILES string of the molecule is C1=C\C=C2\C\C2=C\C=C/1. The molecule has 0 aromatic rings. The summed E-state index contributed by atoms with van der Waals surface area (Å²) >= 11 is 0. The Labute approximate surface area is 54.9 Å². The lowest BCUT2D eigenvalue weighted by Gasteiger charge is -1.76. The third kappa shape index (κ3) is 0.879. The van der Waals surface area contributed by atoms with E-state index >= 15 is 0 Å². The van der Waals surface area contributed by atoms with Crippen LogP contribution in [0.5, 0.6) is 0 Å². The Morgan fingerprint density at radius 3 is 1.89 bits per heavy atom. The van der Waals surface area contributed by atoms with Crippen LogP contribution in [-0.4, -0.2) is 0 Å². The van der Waals surface area contributed by atoms with E-state index < -0.39 is 0 Å². The number of fused-ring (bicyclic) bond motifs is 1. The lowest BCUT2D eigenvalue weighted by molar-refractivity contribution is 1.68. The molecule has 1 saturated carbocycles. The molecule has 0 aliphatic heterocycles. The fourth-order valence-corrected chi connectivity index (χ4v) is 0.965. The average molecular weight is 116 g/mol. The highest BCUT2D eigenvalue weighted by Gasteiger charge is 2.18. The van der Waals surface area contributed by atoms with Crippen molar-refractivity contribution in [1.82, 2.24) is 0 Å². The van der Waals surface area contributed by atoms with E-state index in [1.54, 1.807) is 0 Å². The normalized spacial score (nSPS) is 40.0. The molecule has 2 aliphatic carbocycles. The van der Waals surface area contributed by atoms with E-state index in [0.717, 1.165) is 0 Å². The first-order valence-electron chi connectivity index (χ1n) is 3.20. The van der Waals surface area contributed by atoms with Gasteiger partial charge in [0.1, 0.15) is 0 Å². The minimum Gasteiger partial charge on any atom is -0.0623 e. The molecule has 9 heavy (non-hydrogen) atoms. The fourth-order valence-electron chi connectivity index (χ4n) is 0.965. The third-order valence-corrected chi connectivity index (χ3v) is 1.60. The first kappa shape index (κ1) is 4.80. The molecular formula is C9H8. The molecule has 44 valence electrons. The monoisotopic (exact) mass is 116 g/mol. The summed E-state index contributed by atoms with van der Waals surface area (Å²) in [4.78, 5) is 0. The summed E-state index contributed by atoms with van der Waals surface area (Å²) in [6, 6.07) is 0. The Morgan fingerprint density at radius 2 is 1.33 bits per heavy atom. The van der Waals surface area contributed by atoms with Gasteiger partial charge in [0.2, 0.25) is 0 Å². The zero-order chi connectivity index (χ0) is 6.10. The van der Waals surface area contributed by atoms with Crippen LogP contribution in [0.4, 0.5) is 0 Å². The van der Waals surface area contributed by atoms with Gasteiger partial charge in [0.05, 0.1) is 0 Å². The van der Waals surface area contributed by atoms with Gasteiger partial charge < -0.3 is 0 Å². The zero-order valence-corrected chi connectivity index (χ0v) is 5.17. The Balaban J connectivity index is 2.37. The second-order valence-electron chi connectivity index (χ2n) is 2.33. The molecule has 0 spiro atoms. The van der Waals surface area contributed by atoms with Crippen molar-refractivity contribution in [3.8, 4) is 0 Å². The number of hydrogen-bond acceptors (Lipinski definition) is 0. The number of hydrogen-bond donors (Lipinski definition) is 0. The van der Waals surface area contributed by atoms with Crippen LogP contribution in [0, 0.1) is 0 Å². The Hall–Kier alpha value is -1.04. The highest BCUT2D eigenvalue weighted by atomic mass is 14.2. The van der Waals surface area contributed by atoms with Gasteiger partial charge in [-0.2, -0.15) is 0 Å². The molecule has 0 heterocycles. The number of rotatable bonds is 0. The van der Waals surface area contributed by atoms with Crippen LogP contribution in [0.25, 0.3) is 0 Å². The Morgan fingerprint density at radius 1 is 0.778 bits per heavy atom. The van der Waals surface area contributed by atoms with Crippen molar-refractivity contribution < 1.29 is 0 Å². The standard InChI is InChI=1S/C9H8/c1-2-4-6-9-7-8(9)5-3-1/h1-6H,7H2/b2-1?,3-1-,4-2-,5-3?,6-4?,8-5-,9-6-. The summed E-state index contributed by atoms with van der Waals surface area (Å²) in [6.07, 6.45) is 13.8. The maximum absolute atomic E-state index is 2.18. The molecule has 0 aromatic heterocycles. The first-order chi connectivity index (χ1) is 4.47. The quantitative estimate of drug-likeness (QED) is 0.455. The van der Waals surface area contributed by atoms with Crippen molar-refractivity contribution in [2.75, 3.05) is 0 Å². The molecule has 2 aliphatic rings. The molecule has 0 nitrogen and oxygen atoms in total. The predicted molar refractivity (Wildman–Crippen MR) is 39.1 cm³/mol. The van der Waals surface area contributed by atoms with E-state index in [9.17, 15) is 0 Å². The summed E-state index contributed by atoms with van der Waals surface area (Å²) < 4.78 is 0. The van der Waals surface area contributed by atoms with Gasteiger partial charge in [-0.3, -0.25) is 0 Å². The largest absolute Gasteiger partial charge is 0.0623 e. The molecular weight excluding hydrogens is 108 g/mol. The van der Waals surface area contributed by atoms with Crippen molar-refractivity contribution in [2.24, 2.45) is 0 Å². The van der Waals surface area contributed by atoms with Crippen LogP contribution in [0.1, 0.15) is 6.42 Å². The van der Waals surface area contributed by atoms with Gasteiger partial charge >= 0.3 is 0 Å². The Bertz CT molecular complexity index is 211. The van der Waals surface area contributed by atoms with Gasteiger partial charge in [-0.15, -0.1) is 0 Å². The van der Waals surface area contributed by atoms with Gasteiger partial charge in [0.25, 0.3) is 0 Å². The maximum atomic E-state index is 2.18. The molecule has 0 radical (unpaired) electrons. The van der Waals surface area contributed by atoms with Crippen LogP contribution >= 0.6 is 0 Å². The molecule has 0 heteroatoms. The lowest BCUT2D eigenvalue weighted by Crippen LogP contribution is -1.55. The minimum atomic E-state index is 1.20. The van der Waals surface area contributed by atoms with Gasteiger partial charge in [-0.05, 0) is 17.6 Å². The third-order valence-electron chi connectivity index (χ3n) is 1.60. The van der Waals surface area contributed by atoms with E-state index in [1.165, 1.54) is 17.6 Å². The summed E-state index contributed by atoms with van der Waals surface area (Å²) in [5, 5.41) is 0. The van der Waals surface area contributed by atoms with Crippen molar-refractivity contribution in [3.63, 3.8) is 0 Å². The predicted octanol–water partition coefficient (Wildman–Crippen LogP) is 2.37. The molecule has 0 N–H and O–H groups in total. The van der Waals surface area contributed by atoms with Gasteiger partial charge in [-0.25, -0.2) is 0 Å². The Kier molecular flexibility index (Phi) is 0.922. The molecule has 0 aromatic carbocycles. The van der Waals surface area contributed by atoms with Crippen molar-refractivity contribution in [3.05, 3.63) is 47.6 Å². The van der Waals surface area contributed by atoms with Gasteiger partial charge in [-0.1, -0.05) is 36.5 Å². The molecule has 0 bridgehead atoms. The molecule has 1 fully saturated rings. The second-order valence-corrected chi connectivity index (χ2v) is 2.33. The van der Waals surface area contributed by atoms with Crippen LogP contribution in [0.15, 0.2) is 47.6 Å². The number of allylic oxidation sites excluding steroid dienone is 8. The van der Waals surface area contributed by atoms with E-state index in [1.807, 2.05) is 0 Å². The lowest BCUT2D eigenvalue weighted by atomic mass is 10.3. The van der Waals surface area contributed by atoms with Gasteiger partial charge in [0, 0.05) is 0 Å². The topological polar surface area (TPSA) is 0 Å². The second kappa shape index (κ2) is 1.73. The van der Waals surface area contributed by atoms with Crippen LogP contribution in [0.3, 0.4) is 0 Å².